The van der Waals surface area contributed by atoms with Crippen molar-refractivity contribution in [2.45, 2.75) is 24.4 Å². The Hall–Kier alpha value is -2.82. The monoisotopic (exact) mass is 392 g/mol. The summed E-state index contributed by atoms with van der Waals surface area (Å²) < 4.78 is 22.7. The number of carbonyl (C=O) groups is 1. The van der Waals surface area contributed by atoms with Crippen molar-refractivity contribution in [2.75, 3.05) is 7.05 Å². The van der Waals surface area contributed by atoms with Crippen LogP contribution in [-0.4, -0.2) is 31.2 Å². The number of rotatable bonds is 7. The smallest absolute Gasteiger partial charge is 0.274 e. The van der Waals surface area contributed by atoms with E-state index >= 15 is 0 Å². The number of hydrogen-bond acceptors (Lipinski definition) is 6. The summed E-state index contributed by atoms with van der Waals surface area (Å²) in [5, 5.41) is 16.4. The van der Waals surface area contributed by atoms with Gasteiger partial charge >= 0.3 is 0 Å². The third-order valence-corrected chi connectivity index (χ3v) is 5.27. The Morgan fingerprint density at radius 1 is 1.22 bits per heavy atom. The summed E-state index contributed by atoms with van der Waals surface area (Å²) in [4.78, 5) is 23.9. The minimum absolute atomic E-state index is 0.0128. The predicted molar refractivity (Wildman–Crippen MR) is 99.3 cm³/mol. The summed E-state index contributed by atoms with van der Waals surface area (Å²) in [6.07, 6.45) is 0. The summed E-state index contributed by atoms with van der Waals surface area (Å²) in [6, 6.07) is 10.1. The number of nitro benzene ring substituents is 1. The van der Waals surface area contributed by atoms with Crippen molar-refractivity contribution < 1.29 is 18.1 Å². The van der Waals surface area contributed by atoms with Crippen molar-refractivity contribution in [2.24, 2.45) is 10.9 Å². The maximum atomic E-state index is 11.3. The first kappa shape index (κ1) is 20.5. The molecule has 0 saturated carbocycles. The second-order valence-corrected chi connectivity index (χ2v) is 7.73. The Balaban J connectivity index is 2.24. The quantitative estimate of drug-likeness (QED) is 0.539. The van der Waals surface area contributed by atoms with Crippen molar-refractivity contribution in [1.82, 2.24) is 4.90 Å². The highest BCUT2D eigenvalue weighted by molar-refractivity contribution is 7.89. The highest BCUT2D eigenvalue weighted by Crippen LogP contribution is 2.26. The fourth-order valence-corrected chi connectivity index (χ4v) is 3.13. The molecule has 1 amide bonds. The average Bonchev–Trinajstić information content (AvgIpc) is 2.60. The molecule has 0 heterocycles. The zero-order chi connectivity index (χ0) is 20.4. The molecule has 4 N–H and O–H groups in total. The van der Waals surface area contributed by atoms with Gasteiger partial charge in [0, 0.05) is 29.8 Å². The van der Waals surface area contributed by atoms with Crippen LogP contribution in [0.5, 0.6) is 0 Å². The Kier molecular flexibility index (Phi) is 5.94. The number of amides is 1. The van der Waals surface area contributed by atoms with Crippen LogP contribution >= 0.6 is 0 Å². The third kappa shape index (κ3) is 4.88. The largest absolute Gasteiger partial charge is 0.366 e. The molecule has 2 aromatic carbocycles. The van der Waals surface area contributed by atoms with Crippen LogP contribution in [0.4, 0.5) is 5.69 Å². The topological polar surface area (TPSA) is 150 Å². The second-order valence-electron chi connectivity index (χ2n) is 6.17. The number of primary amides is 1. The van der Waals surface area contributed by atoms with E-state index in [0.717, 1.165) is 11.6 Å². The summed E-state index contributed by atoms with van der Waals surface area (Å²) in [5.41, 5.74) is 6.31. The van der Waals surface area contributed by atoms with Gasteiger partial charge in [0.15, 0.2) is 0 Å². The van der Waals surface area contributed by atoms with E-state index in [1.54, 1.807) is 19.2 Å². The molecule has 10 heteroatoms. The molecule has 0 aliphatic rings. The van der Waals surface area contributed by atoms with Crippen LogP contribution < -0.4 is 10.9 Å². The van der Waals surface area contributed by atoms with Gasteiger partial charge in [0.1, 0.15) is 0 Å². The molecular weight excluding hydrogens is 372 g/mol. The molecule has 0 aliphatic carbocycles. The van der Waals surface area contributed by atoms with Crippen LogP contribution in [0.15, 0.2) is 47.4 Å². The van der Waals surface area contributed by atoms with Crippen LogP contribution in [0.1, 0.15) is 34.5 Å². The molecule has 0 spiro atoms. The molecule has 2 rings (SSSR count). The molecule has 2 aromatic rings. The van der Waals surface area contributed by atoms with Crippen LogP contribution in [0.25, 0.3) is 0 Å². The highest BCUT2D eigenvalue weighted by Gasteiger charge is 2.20. The number of primary sulfonamides is 1. The number of benzene rings is 2. The molecule has 0 saturated heterocycles. The molecular formula is C17H20N4O5S. The van der Waals surface area contributed by atoms with Gasteiger partial charge in [0.2, 0.25) is 15.9 Å². The summed E-state index contributed by atoms with van der Waals surface area (Å²) in [5.74, 6) is -0.735. The molecule has 0 aromatic heterocycles. The van der Waals surface area contributed by atoms with Crippen molar-refractivity contribution >= 4 is 21.6 Å². The SMILES string of the molecule is CC(c1ccc(S(N)(=O)=O)cc1)N(C)Cc1ccc(C(N)=O)cc1[N+](=O)[O-]. The van der Waals surface area contributed by atoms with Crippen LogP contribution in [-0.2, 0) is 16.6 Å². The van der Waals surface area contributed by atoms with E-state index in [1.807, 2.05) is 11.8 Å². The predicted octanol–water partition coefficient (Wildman–Crippen LogP) is 1.53. The molecule has 0 fully saturated rings. The fourth-order valence-electron chi connectivity index (χ4n) is 2.62. The summed E-state index contributed by atoms with van der Waals surface area (Å²) in [6.45, 7) is 2.13. The van der Waals surface area contributed by atoms with Crippen LogP contribution in [0.3, 0.4) is 0 Å². The standard InChI is InChI=1S/C17H20N4O5S/c1-11(12-5-7-15(8-6-12)27(19,25)26)20(2)10-14-4-3-13(17(18)22)9-16(14)21(23)24/h3-9,11H,10H2,1-2H3,(H2,18,22)(H2,19,25,26). The maximum Gasteiger partial charge on any atom is 0.274 e. The molecule has 27 heavy (non-hydrogen) atoms. The Labute approximate surface area is 156 Å². The van der Waals surface area contributed by atoms with Gasteiger partial charge in [-0.2, -0.15) is 0 Å². The highest BCUT2D eigenvalue weighted by atomic mass is 32.2. The van der Waals surface area contributed by atoms with Gasteiger partial charge in [-0.1, -0.05) is 18.2 Å². The van der Waals surface area contributed by atoms with Gasteiger partial charge in [0.05, 0.1) is 9.82 Å². The molecule has 1 unspecified atom stereocenters. The normalized spacial score (nSPS) is 12.7. The van der Waals surface area contributed by atoms with Crippen LogP contribution in [0.2, 0.25) is 0 Å². The Morgan fingerprint density at radius 3 is 2.30 bits per heavy atom. The second kappa shape index (κ2) is 7.82. The van der Waals surface area contributed by atoms with Gasteiger partial charge in [-0.15, -0.1) is 0 Å². The maximum absolute atomic E-state index is 11.3. The lowest BCUT2D eigenvalue weighted by Crippen LogP contribution is -2.23. The first-order chi connectivity index (χ1) is 12.5. The zero-order valence-corrected chi connectivity index (χ0v) is 15.6. The van der Waals surface area contributed by atoms with E-state index in [4.69, 9.17) is 10.9 Å². The van der Waals surface area contributed by atoms with Gasteiger partial charge in [-0.05, 0) is 37.7 Å². The van der Waals surface area contributed by atoms with Crippen molar-refractivity contribution in [3.8, 4) is 0 Å². The minimum Gasteiger partial charge on any atom is -0.366 e. The molecule has 9 nitrogen and oxygen atoms in total. The minimum atomic E-state index is -3.77. The average molecular weight is 392 g/mol. The van der Waals surface area contributed by atoms with E-state index in [9.17, 15) is 23.3 Å². The Bertz CT molecular complexity index is 973. The molecule has 144 valence electrons. The first-order valence-electron chi connectivity index (χ1n) is 7.91. The van der Waals surface area contributed by atoms with Gasteiger partial charge in [-0.3, -0.25) is 19.8 Å². The van der Waals surface area contributed by atoms with E-state index in [0.29, 0.717) is 5.56 Å². The number of hydrogen-bond donors (Lipinski definition) is 2. The van der Waals surface area contributed by atoms with E-state index in [2.05, 4.69) is 0 Å². The van der Waals surface area contributed by atoms with E-state index < -0.39 is 20.9 Å². The number of nitrogens with two attached hydrogens (primary N) is 2. The number of nitrogens with zero attached hydrogens (tertiary/aromatic N) is 2. The molecule has 0 bridgehead atoms. The molecule has 0 aliphatic heterocycles. The number of sulfonamides is 1. The lowest BCUT2D eigenvalue weighted by Gasteiger charge is -2.25. The summed E-state index contributed by atoms with van der Waals surface area (Å²) >= 11 is 0. The third-order valence-electron chi connectivity index (χ3n) is 4.34. The summed E-state index contributed by atoms with van der Waals surface area (Å²) in [7, 11) is -1.98. The van der Waals surface area contributed by atoms with Gasteiger partial charge < -0.3 is 5.73 Å². The number of carbonyl (C=O) groups excluding carboxylic acids is 1. The number of nitro groups is 1. The van der Waals surface area contributed by atoms with Crippen molar-refractivity contribution in [1.29, 1.82) is 0 Å². The lowest BCUT2D eigenvalue weighted by atomic mass is 10.0. The van der Waals surface area contributed by atoms with Gasteiger partial charge in [-0.25, -0.2) is 13.6 Å². The van der Waals surface area contributed by atoms with Gasteiger partial charge in [0.25, 0.3) is 5.69 Å². The van der Waals surface area contributed by atoms with Crippen molar-refractivity contribution in [3.63, 3.8) is 0 Å². The first-order valence-corrected chi connectivity index (χ1v) is 9.45. The van der Waals surface area contributed by atoms with E-state index in [-0.39, 0.29) is 28.7 Å². The Morgan fingerprint density at radius 2 is 1.81 bits per heavy atom. The zero-order valence-electron chi connectivity index (χ0n) is 14.8. The fraction of sp³-hybridized carbons (Fsp3) is 0.235. The van der Waals surface area contributed by atoms with Crippen molar-refractivity contribution in [3.05, 3.63) is 69.3 Å². The van der Waals surface area contributed by atoms with E-state index in [1.165, 1.54) is 24.3 Å². The van der Waals surface area contributed by atoms with Crippen LogP contribution in [0, 0.1) is 10.1 Å². The molecule has 0 radical (unpaired) electrons. The lowest BCUT2D eigenvalue weighted by molar-refractivity contribution is -0.385. The molecule has 1 atom stereocenters.